The molecular formula is C17H30N2O. The van der Waals surface area contributed by atoms with Gasteiger partial charge in [0.05, 0.1) is 6.10 Å². The summed E-state index contributed by atoms with van der Waals surface area (Å²) in [4.78, 5) is 4.57. The molecule has 0 bridgehead atoms. The molecule has 0 saturated carbocycles. The maximum absolute atomic E-state index is 5.99. The minimum atomic E-state index is 0.244. The van der Waals surface area contributed by atoms with E-state index < -0.39 is 0 Å². The predicted molar refractivity (Wildman–Crippen MR) is 85.2 cm³/mol. The van der Waals surface area contributed by atoms with Crippen molar-refractivity contribution in [2.75, 3.05) is 7.05 Å². The van der Waals surface area contributed by atoms with Crippen LogP contribution < -0.4 is 10.1 Å². The molecule has 0 fully saturated rings. The predicted octanol–water partition coefficient (Wildman–Crippen LogP) is 4.10. The lowest BCUT2D eigenvalue weighted by atomic mass is 10.1. The van der Waals surface area contributed by atoms with E-state index in [2.05, 4.69) is 43.2 Å². The maximum atomic E-state index is 5.99. The topological polar surface area (TPSA) is 34.1 Å². The van der Waals surface area contributed by atoms with Gasteiger partial charge in [0.2, 0.25) is 5.88 Å². The Balaban J connectivity index is 2.54. The molecule has 1 aromatic heterocycles. The molecule has 0 saturated heterocycles. The van der Waals surface area contributed by atoms with Gasteiger partial charge in [0, 0.05) is 18.3 Å². The molecule has 0 aliphatic rings. The Morgan fingerprint density at radius 3 is 2.65 bits per heavy atom. The van der Waals surface area contributed by atoms with Crippen LogP contribution in [0.25, 0.3) is 0 Å². The molecule has 0 aliphatic heterocycles. The summed E-state index contributed by atoms with van der Waals surface area (Å²) < 4.78 is 5.99. The van der Waals surface area contributed by atoms with Crippen molar-refractivity contribution >= 4 is 0 Å². The van der Waals surface area contributed by atoms with Crippen LogP contribution in [0.15, 0.2) is 12.1 Å². The largest absolute Gasteiger partial charge is 0.475 e. The SMILES string of the molecule is CCCCCCC(C)Oc1cc(CNC)cc(CC)n1. The highest BCUT2D eigenvalue weighted by Gasteiger charge is 2.07. The highest BCUT2D eigenvalue weighted by atomic mass is 16.5. The van der Waals surface area contributed by atoms with Gasteiger partial charge in [0.1, 0.15) is 0 Å². The van der Waals surface area contributed by atoms with Gasteiger partial charge in [0.15, 0.2) is 0 Å². The number of ether oxygens (including phenoxy) is 1. The minimum Gasteiger partial charge on any atom is -0.475 e. The summed E-state index contributed by atoms with van der Waals surface area (Å²) in [7, 11) is 1.96. The van der Waals surface area contributed by atoms with Crippen LogP contribution in [0.2, 0.25) is 0 Å². The lowest BCUT2D eigenvalue weighted by molar-refractivity contribution is 0.197. The van der Waals surface area contributed by atoms with Gasteiger partial charge >= 0.3 is 0 Å². The highest BCUT2D eigenvalue weighted by Crippen LogP contribution is 2.17. The van der Waals surface area contributed by atoms with Crippen LogP contribution in [0.4, 0.5) is 0 Å². The molecule has 1 atom stereocenters. The molecule has 0 amide bonds. The Bertz CT molecular complexity index is 379. The first-order chi connectivity index (χ1) is 9.69. The first-order valence-electron chi connectivity index (χ1n) is 8.00. The van der Waals surface area contributed by atoms with Crippen LogP contribution in [-0.4, -0.2) is 18.1 Å². The van der Waals surface area contributed by atoms with E-state index in [0.717, 1.165) is 31.0 Å². The number of nitrogens with zero attached hydrogens (tertiary/aromatic N) is 1. The molecular weight excluding hydrogens is 248 g/mol. The van der Waals surface area contributed by atoms with E-state index in [0.29, 0.717) is 0 Å². The average Bonchev–Trinajstić information content (AvgIpc) is 2.43. The van der Waals surface area contributed by atoms with Crippen molar-refractivity contribution in [3.05, 3.63) is 23.4 Å². The summed E-state index contributed by atoms with van der Waals surface area (Å²) in [6.07, 6.45) is 7.45. The van der Waals surface area contributed by atoms with Crippen LogP contribution >= 0.6 is 0 Å². The quantitative estimate of drug-likeness (QED) is 0.654. The Hall–Kier alpha value is -1.09. The molecule has 1 rings (SSSR count). The summed E-state index contributed by atoms with van der Waals surface area (Å²) in [6.45, 7) is 7.37. The van der Waals surface area contributed by atoms with Crippen LogP contribution in [-0.2, 0) is 13.0 Å². The van der Waals surface area contributed by atoms with Crippen LogP contribution in [0, 0.1) is 0 Å². The van der Waals surface area contributed by atoms with E-state index in [-0.39, 0.29) is 6.10 Å². The van der Waals surface area contributed by atoms with E-state index in [4.69, 9.17) is 4.74 Å². The molecule has 3 heteroatoms. The zero-order valence-corrected chi connectivity index (χ0v) is 13.5. The number of aromatic nitrogens is 1. The van der Waals surface area contributed by atoms with Gasteiger partial charge in [-0.3, -0.25) is 0 Å². The van der Waals surface area contributed by atoms with E-state index in [9.17, 15) is 0 Å². The van der Waals surface area contributed by atoms with Crippen molar-refractivity contribution in [1.29, 1.82) is 0 Å². The molecule has 3 nitrogen and oxygen atoms in total. The van der Waals surface area contributed by atoms with Crippen molar-refractivity contribution in [3.8, 4) is 5.88 Å². The lowest BCUT2D eigenvalue weighted by Gasteiger charge is -2.15. The number of pyridine rings is 1. The van der Waals surface area contributed by atoms with Crippen molar-refractivity contribution in [2.24, 2.45) is 0 Å². The Kier molecular flexibility index (Phi) is 8.28. The van der Waals surface area contributed by atoms with E-state index in [1.54, 1.807) is 0 Å². The number of unbranched alkanes of at least 4 members (excludes halogenated alkanes) is 3. The molecule has 1 N–H and O–H groups in total. The van der Waals surface area contributed by atoms with Gasteiger partial charge in [-0.25, -0.2) is 4.98 Å². The van der Waals surface area contributed by atoms with Gasteiger partial charge in [-0.15, -0.1) is 0 Å². The van der Waals surface area contributed by atoms with Gasteiger partial charge in [-0.1, -0.05) is 33.1 Å². The number of hydrogen-bond donors (Lipinski definition) is 1. The molecule has 1 aromatic rings. The number of rotatable bonds is 10. The normalized spacial score (nSPS) is 12.4. The average molecular weight is 278 g/mol. The summed E-state index contributed by atoms with van der Waals surface area (Å²) in [5.41, 5.74) is 2.35. The summed E-state index contributed by atoms with van der Waals surface area (Å²) >= 11 is 0. The Labute approximate surface area is 124 Å². The van der Waals surface area contributed by atoms with Gasteiger partial charge < -0.3 is 10.1 Å². The number of nitrogens with one attached hydrogen (secondary N) is 1. The molecule has 1 heterocycles. The molecule has 0 spiro atoms. The molecule has 114 valence electrons. The third-order valence-corrected chi connectivity index (χ3v) is 3.44. The second kappa shape index (κ2) is 9.76. The Morgan fingerprint density at radius 1 is 1.20 bits per heavy atom. The summed E-state index contributed by atoms with van der Waals surface area (Å²) in [5.74, 6) is 0.776. The van der Waals surface area contributed by atoms with Gasteiger partial charge in [-0.2, -0.15) is 0 Å². The number of hydrogen-bond acceptors (Lipinski definition) is 3. The number of aryl methyl sites for hydroxylation is 1. The standard InChI is InChI=1S/C17H30N2O/c1-5-7-8-9-10-14(3)20-17-12-15(13-18-4)11-16(6-2)19-17/h11-12,14,18H,5-10,13H2,1-4H3. The van der Waals surface area contributed by atoms with Gasteiger partial charge in [0.25, 0.3) is 0 Å². The van der Waals surface area contributed by atoms with E-state index in [1.807, 2.05) is 7.05 Å². The fourth-order valence-corrected chi connectivity index (χ4v) is 2.29. The second-order valence-electron chi connectivity index (χ2n) is 5.47. The monoisotopic (exact) mass is 278 g/mol. The molecule has 1 unspecified atom stereocenters. The highest BCUT2D eigenvalue weighted by molar-refractivity contribution is 5.25. The Morgan fingerprint density at radius 2 is 2.00 bits per heavy atom. The third-order valence-electron chi connectivity index (χ3n) is 3.44. The van der Waals surface area contributed by atoms with Crippen molar-refractivity contribution in [2.45, 2.75) is 71.9 Å². The van der Waals surface area contributed by atoms with Crippen LogP contribution in [0.5, 0.6) is 5.88 Å². The molecule has 0 aromatic carbocycles. The van der Waals surface area contributed by atoms with Crippen molar-refractivity contribution < 1.29 is 4.74 Å². The second-order valence-corrected chi connectivity index (χ2v) is 5.47. The fourth-order valence-electron chi connectivity index (χ4n) is 2.29. The van der Waals surface area contributed by atoms with Crippen LogP contribution in [0.3, 0.4) is 0 Å². The summed E-state index contributed by atoms with van der Waals surface area (Å²) in [6, 6.07) is 4.20. The van der Waals surface area contributed by atoms with Gasteiger partial charge in [-0.05, 0) is 44.9 Å². The minimum absolute atomic E-state index is 0.244. The zero-order valence-electron chi connectivity index (χ0n) is 13.5. The molecule has 20 heavy (non-hydrogen) atoms. The van der Waals surface area contributed by atoms with Crippen molar-refractivity contribution in [3.63, 3.8) is 0 Å². The van der Waals surface area contributed by atoms with Crippen molar-refractivity contribution in [1.82, 2.24) is 10.3 Å². The van der Waals surface area contributed by atoms with E-state index >= 15 is 0 Å². The first kappa shape index (κ1) is 17.0. The first-order valence-corrected chi connectivity index (χ1v) is 8.00. The zero-order chi connectivity index (χ0) is 14.8. The lowest BCUT2D eigenvalue weighted by Crippen LogP contribution is -2.14. The molecule has 0 radical (unpaired) electrons. The molecule has 0 aliphatic carbocycles. The third kappa shape index (κ3) is 6.38. The smallest absolute Gasteiger partial charge is 0.214 e. The summed E-state index contributed by atoms with van der Waals surface area (Å²) in [5, 5.41) is 3.18. The van der Waals surface area contributed by atoms with E-state index in [1.165, 1.54) is 31.2 Å². The van der Waals surface area contributed by atoms with Crippen LogP contribution in [0.1, 0.15) is 64.1 Å². The fraction of sp³-hybridized carbons (Fsp3) is 0.706. The maximum Gasteiger partial charge on any atom is 0.214 e.